The molecule has 2 N–H and O–H groups in total. The maximum atomic E-state index is 12.6. The molecule has 1 aromatic heterocycles. The van der Waals surface area contributed by atoms with Crippen molar-refractivity contribution >= 4 is 49.6 Å². The van der Waals surface area contributed by atoms with Gasteiger partial charge in [-0.05, 0) is 35.9 Å². The molecule has 0 fully saturated rings. The Labute approximate surface area is 177 Å². The van der Waals surface area contributed by atoms with Crippen molar-refractivity contribution < 1.29 is 13.2 Å². The predicted molar refractivity (Wildman–Crippen MR) is 113 cm³/mol. The molecule has 0 saturated carbocycles. The number of thiazole rings is 1. The van der Waals surface area contributed by atoms with Crippen LogP contribution < -0.4 is 10.0 Å². The van der Waals surface area contributed by atoms with Gasteiger partial charge in [0.25, 0.3) is 15.9 Å². The van der Waals surface area contributed by atoms with Crippen molar-refractivity contribution in [2.24, 2.45) is 0 Å². The van der Waals surface area contributed by atoms with E-state index >= 15 is 0 Å². The number of anilines is 2. The second-order valence-corrected chi connectivity index (χ2v) is 9.00. The maximum absolute atomic E-state index is 12.6. The van der Waals surface area contributed by atoms with E-state index in [0.717, 1.165) is 0 Å². The molecular weight excluding hydrogens is 432 g/mol. The Bertz CT molecular complexity index is 1140. The Morgan fingerprint density at radius 3 is 2.59 bits per heavy atom. The molecule has 148 valence electrons. The van der Waals surface area contributed by atoms with E-state index in [2.05, 4.69) is 15.0 Å². The summed E-state index contributed by atoms with van der Waals surface area (Å²) in [7, 11) is -3.74. The number of rotatable bonds is 7. The average Bonchev–Trinajstić information content (AvgIpc) is 3.21. The third kappa shape index (κ3) is 5.32. The number of amides is 1. The second-order valence-electron chi connectivity index (χ2n) is 5.91. The lowest BCUT2D eigenvalue weighted by Gasteiger charge is -2.11. The third-order valence-corrected chi connectivity index (χ3v) is 6.34. The van der Waals surface area contributed by atoms with Crippen LogP contribution in [0.25, 0.3) is 0 Å². The Kier molecular flexibility index (Phi) is 6.49. The van der Waals surface area contributed by atoms with E-state index in [1.165, 1.54) is 47.3 Å². The topological polar surface area (TPSA) is 112 Å². The smallest absolute Gasteiger partial charge is 0.262 e. The van der Waals surface area contributed by atoms with Gasteiger partial charge >= 0.3 is 0 Å². The van der Waals surface area contributed by atoms with E-state index in [0.29, 0.717) is 21.8 Å². The number of benzene rings is 2. The zero-order chi connectivity index (χ0) is 20.9. The first-order valence-electron chi connectivity index (χ1n) is 8.33. The number of nitriles is 1. The number of nitrogens with one attached hydrogen (secondary N) is 2. The molecule has 1 unspecified atom stereocenters. The lowest BCUT2D eigenvalue weighted by Crippen LogP contribution is -2.16. The summed E-state index contributed by atoms with van der Waals surface area (Å²) in [5, 5.41) is 11.3. The van der Waals surface area contributed by atoms with Gasteiger partial charge in [0.05, 0.1) is 22.7 Å². The molecule has 0 aliphatic carbocycles. The first kappa shape index (κ1) is 20.8. The fourth-order valence-electron chi connectivity index (χ4n) is 2.53. The molecule has 3 aromatic rings. The normalized spacial score (nSPS) is 12.0. The van der Waals surface area contributed by atoms with E-state index < -0.39 is 15.4 Å². The van der Waals surface area contributed by atoms with E-state index in [1.807, 2.05) is 6.07 Å². The van der Waals surface area contributed by atoms with Gasteiger partial charge in [-0.3, -0.25) is 14.5 Å². The van der Waals surface area contributed by atoms with Crippen LogP contribution in [0.5, 0.6) is 0 Å². The highest BCUT2D eigenvalue weighted by atomic mass is 35.5. The van der Waals surface area contributed by atoms with Crippen molar-refractivity contribution in [1.82, 2.24) is 4.98 Å². The van der Waals surface area contributed by atoms with E-state index in [-0.39, 0.29) is 17.2 Å². The molecule has 0 aliphatic rings. The summed E-state index contributed by atoms with van der Waals surface area (Å²) >= 11 is 7.06. The molecule has 3 rings (SSSR count). The Balaban J connectivity index is 1.73. The van der Waals surface area contributed by atoms with Gasteiger partial charge in [0, 0.05) is 17.7 Å². The molecule has 0 spiro atoms. The summed E-state index contributed by atoms with van der Waals surface area (Å²) in [6.45, 7) is 0. The Hall–Kier alpha value is -2.93. The first-order chi connectivity index (χ1) is 13.9. The highest BCUT2D eigenvalue weighted by molar-refractivity contribution is 7.93. The number of carbonyl (C=O) groups excluding carboxylic acids is 1. The van der Waals surface area contributed by atoms with Crippen LogP contribution in [0.3, 0.4) is 0 Å². The van der Waals surface area contributed by atoms with Gasteiger partial charge in [0.15, 0.2) is 0 Å². The number of carbonyl (C=O) groups is 1. The quantitative estimate of drug-likeness (QED) is 0.535. The van der Waals surface area contributed by atoms with Crippen molar-refractivity contribution in [2.45, 2.75) is 16.7 Å². The van der Waals surface area contributed by atoms with E-state index in [1.54, 1.807) is 24.3 Å². The summed E-state index contributed by atoms with van der Waals surface area (Å²) in [4.78, 5) is 16.5. The summed E-state index contributed by atoms with van der Waals surface area (Å²) in [6, 6.07) is 14.6. The van der Waals surface area contributed by atoms with Gasteiger partial charge in [-0.15, -0.1) is 22.9 Å². The number of sulfonamides is 1. The van der Waals surface area contributed by atoms with Crippen LogP contribution >= 0.6 is 22.9 Å². The number of alkyl halides is 1. The molecule has 1 amide bonds. The monoisotopic (exact) mass is 446 g/mol. The van der Waals surface area contributed by atoms with E-state index in [9.17, 15) is 13.2 Å². The van der Waals surface area contributed by atoms with Crippen LogP contribution in [-0.2, 0) is 16.4 Å². The first-order valence-corrected chi connectivity index (χ1v) is 11.1. The summed E-state index contributed by atoms with van der Waals surface area (Å²) < 4.78 is 27.2. The van der Waals surface area contributed by atoms with Gasteiger partial charge in [-0.2, -0.15) is 5.26 Å². The minimum absolute atomic E-state index is 0.0586. The van der Waals surface area contributed by atoms with Crippen LogP contribution in [0.15, 0.2) is 65.1 Å². The van der Waals surface area contributed by atoms with Gasteiger partial charge < -0.3 is 5.32 Å². The van der Waals surface area contributed by atoms with Crippen LogP contribution in [0, 0.1) is 11.3 Å². The highest BCUT2D eigenvalue weighted by Crippen LogP contribution is 2.21. The standard InChI is InChI=1S/C19H15ClN4O3S2/c20-14(10-21)9-13-3-1-2-4-17(13)19(25)23-15-5-7-16(8-6-15)29(26,27)24-18-11-22-12-28-18/h1-8,11-12,14,24H,9H2,(H,23,25). The largest absolute Gasteiger partial charge is 0.322 e. The number of halogens is 1. The molecule has 10 heteroatoms. The summed E-state index contributed by atoms with van der Waals surface area (Å²) in [6.07, 6.45) is 1.66. The van der Waals surface area contributed by atoms with Gasteiger partial charge in [-0.1, -0.05) is 18.2 Å². The Morgan fingerprint density at radius 2 is 1.93 bits per heavy atom. The van der Waals surface area contributed by atoms with E-state index in [4.69, 9.17) is 16.9 Å². The lowest BCUT2D eigenvalue weighted by atomic mass is 10.0. The zero-order valence-corrected chi connectivity index (χ0v) is 17.3. The lowest BCUT2D eigenvalue weighted by molar-refractivity contribution is 0.102. The van der Waals surface area contributed by atoms with Crippen molar-refractivity contribution in [3.8, 4) is 6.07 Å². The predicted octanol–water partition coefficient (Wildman–Crippen LogP) is 3.87. The highest BCUT2D eigenvalue weighted by Gasteiger charge is 2.17. The van der Waals surface area contributed by atoms with Crippen molar-refractivity contribution in [3.63, 3.8) is 0 Å². The maximum Gasteiger partial charge on any atom is 0.262 e. The summed E-state index contributed by atoms with van der Waals surface area (Å²) in [5.41, 5.74) is 3.01. The second kappa shape index (κ2) is 9.05. The van der Waals surface area contributed by atoms with Gasteiger partial charge in [0.2, 0.25) is 0 Å². The van der Waals surface area contributed by atoms with Crippen LogP contribution in [0.1, 0.15) is 15.9 Å². The molecule has 29 heavy (non-hydrogen) atoms. The molecule has 0 saturated heterocycles. The molecule has 0 radical (unpaired) electrons. The minimum atomic E-state index is -3.74. The molecule has 1 heterocycles. The fourth-order valence-corrected chi connectivity index (χ4v) is 4.51. The van der Waals surface area contributed by atoms with Gasteiger partial charge in [-0.25, -0.2) is 8.42 Å². The summed E-state index contributed by atoms with van der Waals surface area (Å²) in [5.74, 6) is -0.374. The molecule has 1 atom stereocenters. The molecular formula is C19H15ClN4O3S2. The zero-order valence-electron chi connectivity index (χ0n) is 14.9. The molecule has 0 aliphatic heterocycles. The van der Waals surface area contributed by atoms with Crippen LogP contribution in [-0.4, -0.2) is 24.7 Å². The van der Waals surface area contributed by atoms with Crippen LogP contribution in [0.4, 0.5) is 10.7 Å². The number of aromatic nitrogens is 1. The Morgan fingerprint density at radius 1 is 1.21 bits per heavy atom. The fraction of sp³-hybridized carbons (Fsp3) is 0.105. The van der Waals surface area contributed by atoms with Crippen molar-refractivity contribution in [2.75, 3.05) is 10.0 Å². The average molecular weight is 447 g/mol. The number of hydrogen-bond acceptors (Lipinski definition) is 6. The minimum Gasteiger partial charge on any atom is -0.322 e. The SMILES string of the molecule is N#CC(Cl)Cc1ccccc1C(=O)Nc1ccc(S(=O)(=O)Nc2cncs2)cc1. The van der Waals surface area contributed by atoms with Crippen LogP contribution in [0.2, 0.25) is 0 Å². The molecule has 2 aromatic carbocycles. The number of hydrogen-bond donors (Lipinski definition) is 2. The molecule has 0 bridgehead atoms. The molecule has 7 nitrogen and oxygen atoms in total. The van der Waals surface area contributed by atoms with Crippen molar-refractivity contribution in [1.29, 1.82) is 5.26 Å². The van der Waals surface area contributed by atoms with Gasteiger partial charge in [0.1, 0.15) is 10.4 Å². The third-order valence-electron chi connectivity index (χ3n) is 3.89. The number of nitrogens with zero attached hydrogens (tertiary/aromatic N) is 2. The van der Waals surface area contributed by atoms with Crippen molar-refractivity contribution in [3.05, 3.63) is 71.4 Å².